The molecule has 0 bridgehead atoms. The van der Waals surface area contributed by atoms with Crippen molar-refractivity contribution in [1.29, 1.82) is 10.5 Å². The molecule has 4 heteroatoms. The summed E-state index contributed by atoms with van der Waals surface area (Å²) >= 11 is 0. The number of rotatable bonds is 7. The van der Waals surface area contributed by atoms with Crippen LogP contribution in [-0.4, -0.2) is 13.1 Å². The van der Waals surface area contributed by atoms with Gasteiger partial charge in [0.25, 0.3) is 0 Å². The van der Waals surface area contributed by atoms with Crippen LogP contribution in [0.1, 0.15) is 28.5 Å². The van der Waals surface area contributed by atoms with E-state index in [-0.39, 0.29) is 11.1 Å². The van der Waals surface area contributed by atoms with E-state index in [1.54, 1.807) is 0 Å². The molecule has 0 spiro atoms. The number of hydrogen-bond donors (Lipinski definition) is 0. The number of carbonyl (C=O) groups is 1. The Labute approximate surface area is 188 Å². The molecule has 0 aliphatic heterocycles. The summed E-state index contributed by atoms with van der Waals surface area (Å²) in [6.45, 7) is 4.07. The van der Waals surface area contributed by atoms with Gasteiger partial charge in [0.05, 0.1) is 7.11 Å². The maximum atomic E-state index is 12.7. The van der Waals surface area contributed by atoms with Gasteiger partial charge in [-0.3, -0.25) is 0 Å². The highest BCUT2D eigenvalue weighted by molar-refractivity contribution is 5.92. The van der Waals surface area contributed by atoms with Gasteiger partial charge in [-0.05, 0) is 22.3 Å². The Hall–Kier alpha value is -4.41. The van der Waals surface area contributed by atoms with Crippen molar-refractivity contribution in [2.45, 2.75) is 11.8 Å². The van der Waals surface area contributed by atoms with Gasteiger partial charge in [-0.15, -0.1) is 0 Å². The van der Waals surface area contributed by atoms with Crippen molar-refractivity contribution in [2.75, 3.05) is 7.11 Å². The normalized spacial score (nSPS) is 11.8. The van der Waals surface area contributed by atoms with Crippen LogP contribution in [0, 0.1) is 22.7 Å². The highest BCUT2D eigenvalue weighted by Crippen LogP contribution is 2.47. The van der Waals surface area contributed by atoms with Crippen LogP contribution in [0.15, 0.2) is 109 Å². The first-order chi connectivity index (χ1) is 15.6. The molecule has 2 atom stereocenters. The molecule has 0 aliphatic rings. The molecule has 0 saturated carbocycles. The van der Waals surface area contributed by atoms with Crippen LogP contribution < -0.4 is 0 Å². The van der Waals surface area contributed by atoms with Crippen LogP contribution in [0.5, 0.6) is 0 Å². The molecule has 0 amide bonds. The van der Waals surface area contributed by atoms with E-state index in [1.165, 1.54) is 7.11 Å². The van der Waals surface area contributed by atoms with Crippen molar-refractivity contribution in [2.24, 2.45) is 0 Å². The van der Waals surface area contributed by atoms with Gasteiger partial charge in [0.1, 0.15) is 17.7 Å². The molecule has 0 N–H and O–H groups in total. The molecular weight excluding hydrogens is 396 g/mol. The van der Waals surface area contributed by atoms with Crippen LogP contribution in [0.4, 0.5) is 0 Å². The molecule has 0 heterocycles. The molecule has 3 aromatic carbocycles. The molecular formula is C28H22N2O2. The van der Waals surface area contributed by atoms with Crippen LogP contribution in [0.25, 0.3) is 5.57 Å². The lowest BCUT2D eigenvalue weighted by Crippen LogP contribution is -2.21. The van der Waals surface area contributed by atoms with Crippen LogP contribution >= 0.6 is 0 Å². The average Bonchev–Trinajstić information content (AvgIpc) is 2.87. The lowest BCUT2D eigenvalue weighted by atomic mass is 9.70. The van der Waals surface area contributed by atoms with E-state index in [9.17, 15) is 15.3 Å². The first kappa shape index (κ1) is 22.3. The first-order valence-corrected chi connectivity index (χ1v) is 10.1. The number of carbonyl (C=O) groups excluding carboxylic acids is 1. The Balaban J connectivity index is 2.40. The van der Waals surface area contributed by atoms with Gasteiger partial charge in [0, 0.05) is 17.4 Å². The van der Waals surface area contributed by atoms with Crippen molar-refractivity contribution < 1.29 is 9.53 Å². The lowest BCUT2D eigenvalue weighted by Gasteiger charge is -2.31. The predicted octanol–water partition coefficient (Wildman–Crippen LogP) is 5.78. The Morgan fingerprint density at radius 2 is 1.22 bits per heavy atom. The molecule has 156 valence electrons. The molecule has 4 nitrogen and oxygen atoms in total. The molecule has 0 radical (unpaired) electrons. The van der Waals surface area contributed by atoms with E-state index in [2.05, 4.69) is 18.7 Å². The summed E-state index contributed by atoms with van der Waals surface area (Å²) in [5.41, 5.74) is 3.20. The number of ether oxygens (including phenoxy) is 1. The zero-order valence-corrected chi connectivity index (χ0v) is 17.7. The summed E-state index contributed by atoms with van der Waals surface area (Å²) in [4.78, 5) is 12.7. The second kappa shape index (κ2) is 10.6. The molecule has 3 aromatic rings. The third-order valence-electron chi connectivity index (χ3n) is 5.36. The van der Waals surface area contributed by atoms with Gasteiger partial charge in [-0.1, -0.05) is 97.6 Å². The fourth-order valence-corrected chi connectivity index (χ4v) is 3.94. The molecule has 0 fully saturated rings. The average molecular weight is 418 g/mol. The monoisotopic (exact) mass is 418 g/mol. The van der Waals surface area contributed by atoms with Gasteiger partial charge < -0.3 is 4.74 Å². The third kappa shape index (κ3) is 4.67. The van der Waals surface area contributed by atoms with E-state index in [0.29, 0.717) is 5.57 Å². The Bertz CT molecular complexity index is 1190. The fourth-order valence-electron chi connectivity index (χ4n) is 3.94. The summed E-state index contributed by atoms with van der Waals surface area (Å²) in [5, 5.41) is 19.7. The van der Waals surface area contributed by atoms with Crippen molar-refractivity contribution in [1.82, 2.24) is 0 Å². The Kier molecular flexibility index (Phi) is 7.36. The van der Waals surface area contributed by atoms with Crippen molar-refractivity contribution in [3.05, 3.63) is 125 Å². The summed E-state index contributed by atoms with van der Waals surface area (Å²) in [6, 6.07) is 32.5. The van der Waals surface area contributed by atoms with E-state index >= 15 is 0 Å². The maximum Gasteiger partial charge on any atom is 0.333 e. The highest BCUT2D eigenvalue weighted by Gasteiger charge is 2.35. The minimum absolute atomic E-state index is 0.0105. The second-order valence-corrected chi connectivity index (χ2v) is 7.17. The van der Waals surface area contributed by atoms with Gasteiger partial charge in [-0.25, -0.2) is 4.79 Å². The zero-order valence-electron chi connectivity index (χ0n) is 17.7. The Morgan fingerprint density at radius 3 is 1.66 bits per heavy atom. The van der Waals surface area contributed by atoms with Crippen LogP contribution in [-0.2, 0) is 9.53 Å². The Morgan fingerprint density at radius 1 is 0.781 bits per heavy atom. The van der Waals surface area contributed by atoms with Gasteiger partial charge in [0.2, 0.25) is 0 Å². The number of allylic oxidation sites excluding steroid dienone is 2. The highest BCUT2D eigenvalue weighted by atomic mass is 16.5. The van der Waals surface area contributed by atoms with Gasteiger partial charge >= 0.3 is 5.97 Å². The summed E-state index contributed by atoms with van der Waals surface area (Å²) in [6.07, 6.45) is 0. The lowest BCUT2D eigenvalue weighted by molar-refractivity contribution is -0.136. The number of esters is 1. The van der Waals surface area contributed by atoms with E-state index in [4.69, 9.17) is 4.74 Å². The quantitative estimate of drug-likeness (QED) is 0.277. The molecule has 0 unspecified atom stereocenters. The molecule has 0 aromatic heterocycles. The number of hydrogen-bond acceptors (Lipinski definition) is 4. The van der Waals surface area contributed by atoms with Crippen molar-refractivity contribution >= 4 is 11.5 Å². The molecule has 32 heavy (non-hydrogen) atoms. The van der Waals surface area contributed by atoms with E-state index in [1.807, 2.05) is 91.0 Å². The summed E-state index contributed by atoms with van der Waals surface area (Å²) < 4.78 is 5.01. The standard InChI is InChI=1S/C28H22N2O2/c1-20(28(31)32-2)25(21-12-6-3-7-13-21)27(23-16-10-5-11-17-23)26(24(18-29)19-30)22-14-8-4-9-15-22/h3-17,25,27H,1H2,2H3/t25-,27-/m0/s1. The SMILES string of the molecule is C=C(C(=O)OC)[C@@H](c1ccccc1)[C@@H](C(=C(C#N)C#N)c1ccccc1)c1ccccc1. The smallest absolute Gasteiger partial charge is 0.333 e. The summed E-state index contributed by atoms with van der Waals surface area (Å²) in [5.74, 6) is -1.62. The number of methoxy groups -OCH3 is 1. The zero-order chi connectivity index (χ0) is 22.9. The second-order valence-electron chi connectivity index (χ2n) is 7.17. The number of benzene rings is 3. The minimum atomic E-state index is -0.557. The number of nitriles is 2. The molecule has 0 aliphatic carbocycles. The number of nitrogens with zero attached hydrogens (tertiary/aromatic N) is 2. The minimum Gasteiger partial charge on any atom is -0.466 e. The predicted molar refractivity (Wildman–Crippen MR) is 124 cm³/mol. The summed E-state index contributed by atoms with van der Waals surface area (Å²) in [7, 11) is 1.32. The van der Waals surface area contributed by atoms with E-state index < -0.39 is 17.8 Å². The fraction of sp³-hybridized carbons (Fsp3) is 0.107. The van der Waals surface area contributed by atoms with E-state index in [0.717, 1.165) is 16.7 Å². The van der Waals surface area contributed by atoms with Crippen LogP contribution in [0.2, 0.25) is 0 Å². The van der Waals surface area contributed by atoms with Gasteiger partial charge in [-0.2, -0.15) is 10.5 Å². The maximum absolute atomic E-state index is 12.7. The molecule has 0 saturated heterocycles. The topological polar surface area (TPSA) is 73.9 Å². The first-order valence-electron chi connectivity index (χ1n) is 10.1. The van der Waals surface area contributed by atoms with Gasteiger partial charge in [0.15, 0.2) is 0 Å². The third-order valence-corrected chi connectivity index (χ3v) is 5.36. The van der Waals surface area contributed by atoms with Crippen molar-refractivity contribution in [3.8, 4) is 12.1 Å². The van der Waals surface area contributed by atoms with Crippen molar-refractivity contribution in [3.63, 3.8) is 0 Å². The largest absolute Gasteiger partial charge is 0.466 e. The van der Waals surface area contributed by atoms with Crippen LogP contribution in [0.3, 0.4) is 0 Å². The molecule has 3 rings (SSSR count).